The summed E-state index contributed by atoms with van der Waals surface area (Å²) in [5.74, 6) is 0.430. The fourth-order valence-corrected chi connectivity index (χ4v) is 3.02. The Kier molecular flexibility index (Phi) is 4.41. The predicted octanol–water partition coefficient (Wildman–Crippen LogP) is 3.19. The van der Waals surface area contributed by atoms with Crippen molar-refractivity contribution in [1.82, 2.24) is 5.32 Å². The van der Waals surface area contributed by atoms with Crippen molar-refractivity contribution in [3.63, 3.8) is 0 Å². The molecular formula is C17H25NO. The molecule has 104 valence electrons. The molecule has 1 aliphatic heterocycles. The molecule has 2 rings (SSSR count). The number of carbonyl (C=O) groups is 1. The van der Waals surface area contributed by atoms with Gasteiger partial charge in [0.15, 0.2) is 0 Å². The van der Waals surface area contributed by atoms with Gasteiger partial charge in [-0.05, 0) is 62.9 Å². The van der Waals surface area contributed by atoms with E-state index in [-0.39, 0.29) is 5.41 Å². The van der Waals surface area contributed by atoms with Crippen molar-refractivity contribution < 1.29 is 4.79 Å². The Balaban J connectivity index is 2.12. The van der Waals surface area contributed by atoms with Crippen molar-refractivity contribution in [2.45, 2.75) is 46.5 Å². The van der Waals surface area contributed by atoms with Crippen molar-refractivity contribution in [3.05, 3.63) is 34.9 Å². The lowest BCUT2D eigenvalue weighted by atomic mass is 9.71. The highest BCUT2D eigenvalue weighted by Crippen LogP contribution is 2.34. The molecule has 19 heavy (non-hydrogen) atoms. The summed E-state index contributed by atoms with van der Waals surface area (Å²) in [4.78, 5) is 12.7. The number of nitrogens with one attached hydrogen (secondary N) is 1. The summed E-state index contributed by atoms with van der Waals surface area (Å²) in [7, 11) is 0. The molecule has 0 unspecified atom stereocenters. The van der Waals surface area contributed by atoms with E-state index in [1.54, 1.807) is 0 Å². The molecule has 1 aliphatic rings. The van der Waals surface area contributed by atoms with E-state index in [0.29, 0.717) is 12.2 Å². The van der Waals surface area contributed by atoms with E-state index in [1.807, 2.05) is 0 Å². The highest BCUT2D eigenvalue weighted by molar-refractivity contribution is 5.87. The van der Waals surface area contributed by atoms with Gasteiger partial charge in [-0.25, -0.2) is 0 Å². The molecule has 0 atom stereocenters. The molecule has 0 amide bonds. The summed E-state index contributed by atoms with van der Waals surface area (Å²) >= 11 is 0. The van der Waals surface area contributed by atoms with Crippen LogP contribution in [0.25, 0.3) is 0 Å². The van der Waals surface area contributed by atoms with E-state index in [1.165, 1.54) is 16.7 Å². The topological polar surface area (TPSA) is 29.1 Å². The SMILES string of the molecule is CCC1(C(=O)Cc2ccc(C)c(C)c2)CCNCC1. The normalized spacial score (nSPS) is 18.3. The van der Waals surface area contributed by atoms with Crippen molar-refractivity contribution in [2.24, 2.45) is 5.41 Å². The van der Waals surface area contributed by atoms with Crippen molar-refractivity contribution in [1.29, 1.82) is 0 Å². The Morgan fingerprint density at radius 2 is 1.89 bits per heavy atom. The number of aryl methyl sites for hydroxylation is 2. The zero-order valence-electron chi connectivity index (χ0n) is 12.4. The number of ketones is 1. The Bertz CT molecular complexity index is 458. The van der Waals surface area contributed by atoms with Crippen LogP contribution in [0.15, 0.2) is 18.2 Å². The summed E-state index contributed by atoms with van der Waals surface area (Å²) in [5.41, 5.74) is 3.66. The minimum atomic E-state index is -0.0793. The number of hydrogen-bond donors (Lipinski definition) is 1. The lowest BCUT2D eigenvalue weighted by Crippen LogP contribution is -2.42. The van der Waals surface area contributed by atoms with Gasteiger partial charge in [-0.2, -0.15) is 0 Å². The molecular weight excluding hydrogens is 234 g/mol. The van der Waals surface area contributed by atoms with Gasteiger partial charge in [0.25, 0.3) is 0 Å². The summed E-state index contributed by atoms with van der Waals surface area (Å²) in [6, 6.07) is 6.39. The average Bonchev–Trinajstić information content (AvgIpc) is 2.43. The van der Waals surface area contributed by atoms with Crippen molar-refractivity contribution in [3.8, 4) is 0 Å². The third kappa shape index (κ3) is 3.06. The fraction of sp³-hybridized carbons (Fsp3) is 0.588. The third-order valence-corrected chi connectivity index (χ3v) is 4.76. The Hall–Kier alpha value is -1.15. The Morgan fingerprint density at radius 1 is 1.21 bits per heavy atom. The van der Waals surface area contributed by atoms with Gasteiger partial charge in [0.05, 0.1) is 0 Å². The summed E-state index contributed by atoms with van der Waals surface area (Å²) in [6.07, 6.45) is 3.55. The Morgan fingerprint density at radius 3 is 2.47 bits per heavy atom. The van der Waals surface area contributed by atoms with Gasteiger partial charge in [-0.3, -0.25) is 4.79 Å². The first-order chi connectivity index (χ1) is 9.07. The largest absolute Gasteiger partial charge is 0.317 e. The van der Waals surface area contributed by atoms with Gasteiger partial charge in [-0.15, -0.1) is 0 Å². The van der Waals surface area contributed by atoms with E-state index in [2.05, 4.69) is 44.3 Å². The van der Waals surface area contributed by atoms with Crippen molar-refractivity contribution in [2.75, 3.05) is 13.1 Å². The summed E-state index contributed by atoms with van der Waals surface area (Å²) < 4.78 is 0. The molecule has 0 spiro atoms. The van der Waals surface area contributed by atoms with Crippen LogP contribution in [0, 0.1) is 19.3 Å². The second kappa shape index (κ2) is 5.87. The first-order valence-electron chi connectivity index (χ1n) is 7.37. The monoisotopic (exact) mass is 259 g/mol. The van der Waals surface area contributed by atoms with Crippen LogP contribution < -0.4 is 5.32 Å². The molecule has 0 aliphatic carbocycles. The van der Waals surface area contributed by atoms with Crippen LogP contribution in [0.4, 0.5) is 0 Å². The molecule has 1 N–H and O–H groups in total. The van der Waals surface area contributed by atoms with Crippen LogP contribution in [0.1, 0.15) is 42.9 Å². The molecule has 1 aromatic rings. The highest BCUT2D eigenvalue weighted by atomic mass is 16.1. The zero-order valence-corrected chi connectivity index (χ0v) is 12.4. The predicted molar refractivity (Wildman–Crippen MR) is 79.5 cm³/mol. The second-order valence-corrected chi connectivity index (χ2v) is 5.90. The zero-order chi connectivity index (χ0) is 13.9. The lowest BCUT2D eigenvalue weighted by Gasteiger charge is -2.35. The van der Waals surface area contributed by atoms with Gasteiger partial charge >= 0.3 is 0 Å². The third-order valence-electron chi connectivity index (χ3n) is 4.76. The van der Waals surface area contributed by atoms with Gasteiger partial charge in [0.1, 0.15) is 5.78 Å². The van der Waals surface area contributed by atoms with E-state index in [9.17, 15) is 4.79 Å². The van der Waals surface area contributed by atoms with Gasteiger partial charge in [0.2, 0.25) is 0 Å². The molecule has 1 aromatic carbocycles. The highest BCUT2D eigenvalue weighted by Gasteiger charge is 2.36. The quantitative estimate of drug-likeness (QED) is 0.899. The maximum absolute atomic E-state index is 12.7. The molecule has 1 fully saturated rings. The summed E-state index contributed by atoms with van der Waals surface area (Å²) in [5, 5.41) is 3.36. The fourth-order valence-electron chi connectivity index (χ4n) is 3.02. The molecule has 1 saturated heterocycles. The molecule has 0 radical (unpaired) electrons. The number of piperidine rings is 1. The molecule has 1 heterocycles. The van der Waals surface area contributed by atoms with Gasteiger partial charge < -0.3 is 5.32 Å². The lowest BCUT2D eigenvalue weighted by molar-refractivity contribution is -0.129. The maximum Gasteiger partial charge on any atom is 0.143 e. The average molecular weight is 259 g/mol. The molecule has 2 heteroatoms. The first kappa shape index (κ1) is 14.3. The van der Waals surface area contributed by atoms with Crippen LogP contribution in [0.5, 0.6) is 0 Å². The summed E-state index contributed by atoms with van der Waals surface area (Å²) in [6.45, 7) is 8.34. The van der Waals surface area contributed by atoms with Crippen LogP contribution >= 0.6 is 0 Å². The number of rotatable bonds is 4. The van der Waals surface area contributed by atoms with E-state index in [4.69, 9.17) is 0 Å². The van der Waals surface area contributed by atoms with E-state index in [0.717, 1.165) is 32.4 Å². The van der Waals surface area contributed by atoms with E-state index < -0.39 is 0 Å². The maximum atomic E-state index is 12.7. The van der Waals surface area contributed by atoms with Crippen LogP contribution in [-0.2, 0) is 11.2 Å². The van der Waals surface area contributed by atoms with Crippen molar-refractivity contribution >= 4 is 5.78 Å². The smallest absolute Gasteiger partial charge is 0.143 e. The number of hydrogen-bond acceptors (Lipinski definition) is 2. The second-order valence-electron chi connectivity index (χ2n) is 5.90. The standard InChI is InChI=1S/C17H25NO/c1-4-17(7-9-18-10-8-17)16(19)12-15-6-5-13(2)14(3)11-15/h5-6,11,18H,4,7-10,12H2,1-3H3. The minimum absolute atomic E-state index is 0.0793. The number of Topliss-reactive ketones (excluding diaryl/α,β-unsaturated/α-hetero) is 1. The number of carbonyl (C=O) groups excluding carboxylic acids is 1. The van der Waals surface area contributed by atoms with Gasteiger partial charge in [-0.1, -0.05) is 25.1 Å². The van der Waals surface area contributed by atoms with Gasteiger partial charge in [0, 0.05) is 11.8 Å². The molecule has 0 aromatic heterocycles. The Labute approximate surface area is 116 Å². The van der Waals surface area contributed by atoms with Crippen LogP contribution in [0.2, 0.25) is 0 Å². The minimum Gasteiger partial charge on any atom is -0.317 e. The van der Waals surface area contributed by atoms with Crippen LogP contribution in [-0.4, -0.2) is 18.9 Å². The molecule has 0 saturated carbocycles. The molecule has 0 bridgehead atoms. The van der Waals surface area contributed by atoms with E-state index >= 15 is 0 Å². The number of benzene rings is 1. The first-order valence-corrected chi connectivity index (χ1v) is 7.37. The van der Waals surface area contributed by atoms with Crippen LogP contribution in [0.3, 0.4) is 0 Å². The molecule has 2 nitrogen and oxygen atoms in total.